The quantitative estimate of drug-likeness (QED) is 0.390. The van der Waals surface area contributed by atoms with Crippen LogP contribution in [-0.4, -0.2) is 17.5 Å². The highest BCUT2D eigenvalue weighted by Crippen LogP contribution is 1.73. The second kappa shape index (κ2) is 10.1. The highest BCUT2D eigenvalue weighted by Gasteiger charge is 1.60. The molecule has 50 valence electrons. The van der Waals surface area contributed by atoms with E-state index in [1.807, 2.05) is 0 Å². The van der Waals surface area contributed by atoms with Crippen LogP contribution in [0.5, 0.6) is 0 Å². The Morgan fingerprint density at radius 2 is 1.38 bits per heavy atom. The average Bonchev–Trinajstić information content (AvgIpc) is 1.65. The van der Waals surface area contributed by atoms with Crippen molar-refractivity contribution in [3.05, 3.63) is 0 Å². The fraction of sp³-hybridized carbons (Fsp3) is 0.667. The van der Waals surface area contributed by atoms with Crippen molar-refractivity contribution in [1.82, 2.24) is 0 Å². The third-order valence-corrected chi connectivity index (χ3v) is 0.900. The molecular weight excluding hydrogens is 144 g/mol. The molecule has 0 aromatic heterocycles. The first kappa shape index (κ1) is 10.9. The van der Waals surface area contributed by atoms with Crippen molar-refractivity contribution in [2.75, 3.05) is 11.5 Å². The summed E-state index contributed by atoms with van der Waals surface area (Å²) in [5.74, 6) is 1.76. The number of carbonyl (C=O) groups excluding carboxylic acids is 1. The van der Waals surface area contributed by atoms with Gasteiger partial charge in [0.25, 0.3) is 0 Å². The summed E-state index contributed by atoms with van der Waals surface area (Å²) in [7, 11) is 0. The number of nitrogens with two attached hydrogens (primary N) is 2. The van der Waals surface area contributed by atoms with Gasteiger partial charge in [0.1, 0.15) is 0 Å². The van der Waals surface area contributed by atoms with Crippen LogP contribution in [0.1, 0.15) is 0 Å². The summed E-state index contributed by atoms with van der Waals surface area (Å²) in [6.07, 6.45) is 0. The zero-order valence-corrected chi connectivity index (χ0v) is 6.16. The van der Waals surface area contributed by atoms with Crippen molar-refractivity contribution >= 4 is 31.3 Å². The van der Waals surface area contributed by atoms with E-state index in [0.717, 1.165) is 11.5 Å². The highest BCUT2D eigenvalue weighted by molar-refractivity contribution is 7.84. The Balaban J connectivity index is 0. The molecular formula is C3H10N2OS2. The fourth-order valence-electron chi connectivity index (χ4n) is 0. The molecule has 0 fully saturated rings. The number of primary amides is 2. The number of rotatable bonds is 1. The molecule has 5 heteroatoms. The van der Waals surface area contributed by atoms with E-state index < -0.39 is 6.03 Å². The van der Waals surface area contributed by atoms with Crippen molar-refractivity contribution in [3.63, 3.8) is 0 Å². The summed E-state index contributed by atoms with van der Waals surface area (Å²) in [6.45, 7) is 0. The molecule has 0 unspecified atom stereocenters. The molecule has 3 nitrogen and oxygen atoms in total. The Morgan fingerprint density at radius 1 is 1.25 bits per heavy atom. The molecule has 4 N–H and O–H groups in total. The largest absolute Gasteiger partial charge is 0.352 e. The summed E-state index contributed by atoms with van der Waals surface area (Å²) in [5.41, 5.74) is 8.50. The first-order valence-electron chi connectivity index (χ1n) is 1.91. The molecule has 0 spiro atoms. The molecule has 0 saturated heterocycles. The number of carbonyl (C=O) groups is 1. The Labute approximate surface area is 59.6 Å². The lowest BCUT2D eigenvalue weighted by molar-refractivity contribution is 0.256. The second-order valence-corrected chi connectivity index (χ2v) is 1.74. The van der Waals surface area contributed by atoms with Gasteiger partial charge in [-0.2, -0.15) is 25.3 Å². The van der Waals surface area contributed by atoms with Crippen LogP contribution in [0, 0.1) is 0 Å². The molecule has 0 aromatic carbocycles. The van der Waals surface area contributed by atoms with Crippen molar-refractivity contribution < 1.29 is 4.79 Å². The second-order valence-electron chi connectivity index (χ2n) is 0.850. The van der Waals surface area contributed by atoms with Crippen LogP contribution >= 0.6 is 25.3 Å². The van der Waals surface area contributed by atoms with Crippen LogP contribution < -0.4 is 11.5 Å². The van der Waals surface area contributed by atoms with E-state index in [1.165, 1.54) is 0 Å². The van der Waals surface area contributed by atoms with Crippen molar-refractivity contribution in [2.45, 2.75) is 0 Å². The maximum Gasteiger partial charge on any atom is 0.309 e. The summed E-state index contributed by atoms with van der Waals surface area (Å²) in [4.78, 5) is 9.00. The monoisotopic (exact) mass is 154 g/mol. The number of hydrogen-bond acceptors (Lipinski definition) is 3. The Bertz CT molecular complexity index is 53.2. The fourth-order valence-corrected chi connectivity index (χ4v) is 0. The summed E-state index contributed by atoms with van der Waals surface area (Å²) >= 11 is 7.69. The molecule has 0 radical (unpaired) electrons. The lowest BCUT2D eigenvalue weighted by Gasteiger charge is -1.67. The average molecular weight is 154 g/mol. The van der Waals surface area contributed by atoms with Crippen molar-refractivity contribution in [1.29, 1.82) is 0 Å². The van der Waals surface area contributed by atoms with Gasteiger partial charge in [-0.3, -0.25) is 0 Å². The molecule has 0 aliphatic heterocycles. The van der Waals surface area contributed by atoms with E-state index in [0.29, 0.717) is 0 Å². The van der Waals surface area contributed by atoms with E-state index in [4.69, 9.17) is 4.79 Å². The number of thiol groups is 2. The SMILES string of the molecule is NC(N)=O.SCCS. The van der Waals surface area contributed by atoms with E-state index in [2.05, 4.69) is 36.7 Å². The Hall–Kier alpha value is -0.0300. The topological polar surface area (TPSA) is 69.1 Å². The third-order valence-electron chi connectivity index (χ3n) is 0.1000. The normalized spacial score (nSPS) is 6.75. The molecule has 0 heterocycles. The van der Waals surface area contributed by atoms with E-state index in [-0.39, 0.29) is 0 Å². The number of urea groups is 1. The minimum Gasteiger partial charge on any atom is -0.352 e. The standard InChI is InChI=1S/C2H6S2.CH4N2O/c3-1-2-4;2-1(3)4/h3-4H,1-2H2;(H4,2,3,4). The van der Waals surface area contributed by atoms with Gasteiger partial charge in [-0.25, -0.2) is 4.79 Å². The van der Waals surface area contributed by atoms with Gasteiger partial charge in [0, 0.05) is 0 Å². The summed E-state index contributed by atoms with van der Waals surface area (Å²) in [6, 6.07) is -0.833. The minimum absolute atomic E-state index is 0.833. The van der Waals surface area contributed by atoms with Gasteiger partial charge in [-0.1, -0.05) is 0 Å². The van der Waals surface area contributed by atoms with E-state index in [1.54, 1.807) is 0 Å². The lowest BCUT2D eigenvalue weighted by atomic mass is 11.0. The first-order valence-corrected chi connectivity index (χ1v) is 3.18. The third kappa shape index (κ3) is 157. The Kier molecular flexibility index (Phi) is 13.7. The smallest absolute Gasteiger partial charge is 0.309 e. The number of hydrogen-bond donors (Lipinski definition) is 4. The number of amides is 2. The lowest BCUT2D eigenvalue weighted by Crippen LogP contribution is -2.18. The predicted octanol–water partition coefficient (Wildman–Crippen LogP) is -0.130. The van der Waals surface area contributed by atoms with Crippen LogP contribution in [0.2, 0.25) is 0 Å². The van der Waals surface area contributed by atoms with Crippen molar-refractivity contribution in [3.8, 4) is 0 Å². The molecule has 0 rings (SSSR count). The molecule has 2 amide bonds. The summed E-state index contributed by atoms with van der Waals surface area (Å²) < 4.78 is 0. The van der Waals surface area contributed by atoms with Gasteiger partial charge >= 0.3 is 6.03 Å². The maximum absolute atomic E-state index is 9.00. The van der Waals surface area contributed by atoms with E-state index >= 15 is 0 Å². The van der Waals surface area contributed by atoms with Gasteiger partial charge in [-0.05, 0) is 11.5 Å². The summed E-state index contributed by atoms with van der Waals surface area (Å²) in [5, 5.41) is 0. The van der Waals surface area contributed by atoms with Crippen molar-refractivity contribution in [2.24, 2.45) is 11.5 Å². The predicted molar refractivity (Wildman–Crippen MR) is 41.5 cm³/mol. The first-order chi connectivity index (χ1) is 3.65. The van der Waals surface area contributed by atoms with Gasteiger partial charge in [0.2, 0.25) is 0 Å². The van der Waals surface area contributed by atoms with Gasteiger partial charge < -0.3 is 11.5 Å². The molecule has 0 aliphatic rings. The minimum atomic E-state index is -0.833. The molecule has 0 bridgehead atoms. The maximum atomic E-state index is 9.00. The highest BCUT2D eigenvalue weighted by atomic mass is 32.1. The van der Waals surface area contributed by atoms with E-state index in [9.17, 15) is 0 Å². The van der Waals surface area contributed by atoms with Gasteiger partial charge in [-0.15, -0.1) is 0 Å². The molecule has 0 aliphatic carbocycles. The van der Waals surface area contributed by atoms with Crippen LogP contribution in [0.15, 0.2) is 0 Å². The zero-order chi connectivity index (χ0) is 6.99. The van der Waals surface area contributed by atoms with Crippen LogP contribution in [0.3, 0.4) is 0 Å². The molecule has 0 saturated carbocycles. The van der Waals surface area contributed by atoms with Gasteiger partial charge in [0.05, 0.1) is 0 Å². The van der Waals surface area contributed by atoms with Crippen LogP contribution in [0.25, 0.3) is 0 Å². The molecule has 8 heavy (non-hydrogen) atoms. The molecule has 0 atom stereocenters. The van der Waals surface area contributed by atoms with Crippen LogP contribution in [-0.2, 0) is 0 Å². The zero-order valence-electron chi connectivity index (χ0n) is 4.37. The Morgan fingerprint density at radius 3 is 1.38 bits per heavy atom. The molecule has 0 aromatic rings. The van der Waals surface area contributed by atoms with Gasteiger partial charge in [0.15, 0.2) is 0 Å². The van der Waals surface area contributed by atoms with Crippen LogP contribution in [0.4, 0.5) is 4.79 Å².